The number of hydrogen-bond donors (Lipinski definition) is 1. The molecule has 0 bridgehead atoms. The quantitative estimate of drug-likeness (QED) is 0.895. The number of carbonyl (C=O) groups excluding carboxylic acids is 1. The van der Waals surface area contributed by atoms with E-state index in [1.807, 2.05) is 18.2 Å². The minimum Gasteiger partial charge on any atom is -0.454 e. The van der Waals surface area contributed by atoms with E-state index < -0.39 is 0 Å². The summed E-state index contributed by atoms with van der Waals surface area (Å²) in [7, 11) is 1.77. The predicted molar refractivity (Wildman–Crippen MR) is 66.9 cm³/mol. The molecule has 0 atom stereocenters. The molecule has 1 aromatic carbocycles. The van der Waals surface area contributed by atoms with Crippen LogP contribution in [0.4, 0.5) is 0 Å². The number of hydrogen-bond acceptors (Lipinski definition) is 4. The van der Waals surface area contributed by atoms with Gasteiger partial charge in [-0.05, 0) is 17.7 Å². The van der Waals surface area contributed by atoms with Gasteiger partial charge in [0.2, 0.25) is 6.79 Å². The number of aromatic nitrogens is 2. The maximum atomic E-state index is 11.8. The number of benzene rings is 1. The van der Waals surface area contributed by atoms with Crippen molar-refractivity contribution in [2.75, 3.05) is 6.79 Å². The molecule has 6 nitrogen and oxygen atoms in total. The number of fused-ring (bicyclic) bond motifs is 1. The fourth-order valence-electron chi connectivity index (χ4n) is 1.87. The van der Waals surface area contributed by atoms with Crippen molar-refractivity contribution in [1.29, 1.82) is 0 Å². The SMILES string of the molecule is Cn1cc(C(=O)NCc2ccc3c(c2)OCO3)cn1. The number of ether oxygens (including phenoxy) is 2. The molecule has 0 fully saturated rings. The van der Waals surface area contributed by atoms with Crippen LogP contribution in [0.5, 0.6) is 11.5 Å². The molecule has 1 aliphatic heterocycles. The van der Waals surface area contributed by atoms with Crippen molar-refractivity contribution in [3.63, 3.8) is 0 Å². The lowest BCUT2D eigenvalue weighted by molar-refractivity contribution is 0.0950. The van der Waals surface area contributed by atoms with Crippen LogP contribution in [0.15, 0.2) is 30.6 Å². The third-order valence-electron chi connectivity index (χ3n) is 2.86. The van der Waals surface area contributed by atoms with Gasteiger partial charge in [-0.3, -0.25) is 9.48 Å². The fraction of sp³-hybridized carbons (Fsp3) is 0.231. The van der Waals surface area contributed by atoms with Crippen LogP contribution >= 0.6 is 0 Å². The first-order valence-corrected chi connectivity index (χ1v) is 5.88. The molecule has 2 aromatic rings. The molecule has 0 aliphatic carbocycles. The molecule has 0 spiro atoms. The Bertz CT molecular complexity index is 621. The Morgan fingerprint density at radius 2 is 2.26 bits per heavy atom. The molecule has 0 saturated carbocycles. The summed E-state index contributed by atoms with van der Waals surface area (Å²) in [4.78, 5) is 11.8. The average Bonchev–Trinajstić information content (AvgIpc) is 3.03. The molecular weight excluding hydrogens is 246 g/mol. The number of carbonyl (C=O) groups is 1. The van der Waals surface area contributed by atoms with Gasteiger partial charge in [0.15, 0.2) is 11.5 Å². The molecule has 6 heteroatoms. The van der Waals surface area contributed by atoms with E-state index in [1.54, 1.807) is 17.9 Å². The largest absolute Gasteiger partial charge is 0.454 e. The second kappa shape index (κ2) is 4.64. The minimum absolute atomic E-state index is 0.147. The topological polar surface area (TPSA) is 65.4 Å². The molecule has 19 heavy (non-hydrogen) atoms. The van der Waals surface area contributed by atoms with Gasteiger partial charge in [0, 0.05) is 19.8 Å². The first-order valence-electron chi connectivity index (χ1n) is 5.88. The molecule has 0 saturated heterocycles. The highest BCUT2D eigenvalue weighted by molar-refractivity contribution is 5.93. The van der Waals surface area contributed by atoms with E-state index in [0.717, 1.165) is 11.3 Å². The van der Waals surface area contributed by atoms with Gasteiger partial charge in [0.1, 0.15) is 0 Å². The van der Waals surface area contributed by atoms with Crippen molar-refractivity contribution in [2.45, 2.75) is 6.54 Å². The molecule has 3 rings (SSSR count). The Morgan fingerprint density at radius 1 is 1.42 bits per heavy atom. The summed E-state index contributed by atoms with van der Waals surface area (Å²) in [6.07, 6.45) is 3.21. The summed E-state index contributed by atoms with van der Waals surface area (Å²) in [6, 6.07) is 5.61. The van der Waals surface area contributed by atoms with Gasteiger partial charge in [0.25, 0.3) is 5.91 Å². The van der Waals surface area contributed by atoms with Crippen LogP contribution in [0.25, 0.3) is 0 Å². The second-order valence-corrected chi connectivity index (χ2v) is 4.27. The molecule has 0 radical (unpaired) electrons. The van der Waals surface area contributed by atoms with Crippen LogP contribution in [-0.2, 0) is 13.6 Å². The van der Waals surface area contributed by atoms with Crippen molar-refractivity contribution in [3.05, 3.63) is 41.7 Å². The maximum absolute atomic E-state index is 11.8. The molecule has 98 valence electrons. The molecule has 0 unspecified atom stereocenters. The highest BCUT2D eigenvalue weighted by Gasteiger charge is 2.13. The number of rotatable bonds is 3. The number of aryl methyl sites for hydroxylation is 1. The highest BCUT2D eigenvalue weighted by atomic mass is 16.7. The van der Waals surface area contributed by atoms with Crippen molar-refractivity contribution < 1.29 is 14.3 Å². The number of amides is 1. The maximum Gasteiger partial charge on any atom is 0.254 e. The molecule has 1 aromatic heterocycles. The third-order valence-corrected chi connectivity index (χ3v) is 2.86. The zero-order valence-electron chi connectivity index (χ0n) is 10.4. The Hall–Kier alpha value is -2.50. The average molecular weight is 259 g/mol. The van der Waals surface area contributed by atoms with E-state index in [1.165, 1.54) is 6.20 Å². The number of nitrogens with one attached hydrogen (secondary N) is 1. The van der Waals surface area contributed by atoms with Gasteiger partial charge < -0.3 is 14.8 Å². The summed E-state index contributed by atoms with van der Waals surface area (Å²) < 4.78 is 12.1. The van der Waals surface area contributed by atoms with Crippen LogP contribution in [-0.4, -0.2) is 22.5 Å². The lowest BCUT2D eigenvalue weighted by Gasteiger charge is -2.04. The van der Waals surface area contributed by atoms with E-state index in [9.17, 15) is 4.79 Å². The molecule has 1 aliphatic rings. The summed E-state index contributed by atoms with van der Waals surface area (Å²) in [5.74, 6) is 1.31. The van der Waals surface area contributed by atoms with E-state index in [4.69, 9.17) is 9.47 Å². The van der Waals surface area contributed by atoms with Crippen molar-refractivity contribution in [1.82, 2.24) is 15.1 Å². The second-order valence-electron chi connectivity index (χ2n) is 4.27. The summed E-state index contributed by atoms with van der Waals surface area (Å²) in [6.45, 7) is 0.686. The van der Waals surface area contributed by atoms with Gasteiger partial charge in [-0.25, -0.2) is 0 Å². The van der Waals surface area contributed by atoms with E-state index >= 15 is 0 Å². The minimum atomic E-state index is -0.147. The fourth-order valence-corrected chi connectivity index (χ4v) is 1.87. The van der Waals surface area contributed by atoms with Crippen molar-refractivity contribution in [2.24, 2.45) is 7.05 Å². The monoisotopic (exact) mass is 259 g/mol. The standard InChI is InChI=1S/C13H13N3O3/c1-16-7-10(6-15-16)13(17)14-5-9-2-3-11-12(4-9)19-8-18-11/h2-4,6-7H,5,8H2,1H3,(H,14,17). The van der Waals surface area contributed by atoms with Crippen molar-refractivity contribution >= 4 is 5.91 Å². The Labute approximate surface area is 109 Å². The van der Waals surface area contributed by atoms with E-state index in [-0.39, 0.29) is 12.7 Å². The molecule has 1 amide bonds. The van der Waals surface area contributed by atoms with Crippen LogP contribution in [0.3, 0.4) is 0 Å². The van der Waals surface area contributed by atoms with Gasteiger partial charge in [-0.1, -0.05) is 6.07 Å². The van der Waals surface area contributed by atoms with E-state index in [2.05, 4.69) is 10.4 Å². The lowest BCUT2D eigenvalue weighted by Crippen LogP contribution is -2.22. The van der Waals surface area contributed by atoms with Crippen LogP contribution in [0, 0.1) is 0 Å². The Morgan fingerprint density at radius 3 is 3.05 bits per heavy atom. The molecule has 2 heterocycles. The van der Waals surface area contributed by atoms with Crippen LogP contribution < -0.4 is 14.8 Å². The van der Waals surface area contributed by atoms with Gasteiger partial charge in [-0.2, -0.15) is 5.10 Å². The predicted octanol–water partition coefficient (Wildman–Crippen LogP) is 1.08. The first-order chi connectivity index (χ1) is 9.22. The van der Waals surface area contributed by atoms with E-state index in [0.29, 0.717) is 17.9 Å². The normalized spacial score (nSPS) is 12.5. The summed E-state index contributed by atoms with van der Waals surface area (Å²) in [5.41, 5.74) is 1.50. The zero-order valence-corrected chi connectivity index (χ0v) is 10.4. The lowest BCUT2D eigenvalue weighted by atomic mass is 10.2. The Balaban J connectivity index is 1.64. The molecule has 1 N–H and O–H groups in total. The van der Waals surface area contributed by atoms with Crippen molar-refractivity contribution in [3.8, 4) is 11.5 Å². The summed E-state index contributed by atoms with van der Waals surface area (Å²) >= 11 is 0. The third kappa shape index (κ3) is 2.37. The number of nitrogens with zero attached hydrogens (tertiary/aromatic N) is 2. The van der Waals surface area contributed by atoms with Gasteiger partial charge in [-0.15, -0.1) is 0 Å². The van der Waals surface area contributed by atoms with Gasteiger partial charge >= 0.3 is 0 Å². The zero-order chi connectivity index (χ0) is 13.2. The smallest absolute Gasteiger partial charge is 0.254 e. The highest BCUT2D eigenvalue weighted by Crippen LogP contribution is 2.32. The van der Waals surface area contributed by atoms with Crippen LogP contribution in [0.2, 0.25) is 0 Å². The Kier molecular flexibility index (Phi) is 2.83. The summed E-state index contributed by atoms with van der Waals surface area (Å²) in [5, 5.41) is 6.79. The first kappa shape index (κ1) is 11.6. The molecular formula is C13H13N3O3. The van der Waals surface area contributed by atoms with Crippen LogP contribution in [0.1, 0.15) is 15.9 Å². The van der Waals surface area contributed by atoms with Gasteiger partial charge in [0.05, 0.1) is 11.8 Å².